The van der Waals surface area contributed by atoms with Crippen LogP contribution in [0.25, 0.3) is 0 Å². The van der Waals surface area contributed by atoms with Gasteiger partial charge in [0.1, 0.15) is 0 Å². The molecule has 0 aliphatic heterocycles. The van der Waals surface area contributed by atoms with E-state index in [9.17, 15) is 5.11 Å². The first kappa shape index (κ1) is 18.2. The van der Waals surface area contributed by atoms with Crippen molar-refractivity contribution in [1.82, 2.24) is 5.32 Å². The summed E-state index contributed by atoms with van der Waals surface area (Å²) >= 11 is 0. The van der Waals surface area contributed by atoms with Gasteiger partial charge in [-0.1, -0.05) is 77.3 Å². The summed E-state index contributed by atoms with van der Waals surface area (Å²) in [6, 6.07) is 11.0. The summed E-state index contributed by atoms with van der Waals surface area (Å²) in [5.74, 6) is 0. The molecule has 0 heterocycles. The highest BCUT2D eigenvalue weighted by molar-refractivity contribution is 5.18. The number of rotatable bonds is 9. The Morgan fingerprint density at radius 2 is 1.76 bits per heavy atom. The van der Waals surface area contributed by atoms with Crippen molar-refractivity contribution in [2.75, 3.05) is 6.54 Å². The topological polar surface area (TPSA) is 32.3 Å². The molecule has 0 aliphatic rings. The zero-order chi connectivity index (χ0) is 15.7. The summed E-state index contributed by atoms with van der Waals surface area (Å²) in [7, 11) is 0. The third-order valence-corrected chi connectivity index (χ3v) is 3.75. The predicted molar refractivity (Wildman–Crippen MR) is 91.4 cm³/mol. The van der Waals surface area contributed by atoms with Crippen LogP contribution in [0.4, 0.5) is 0 Å². The van der Waals surface area contributed by atoms with Gasteiger partial charge in [0.15, 0.2) is 0 Å². The van der Waals surface area contributed by atoms with E-state index < -0.39 is 0 Å². The van der Waals surface area contributed by atoms with Gasteiger partial charge in [0, 0.05) is 12.6 Å². The summed E-state index contributed by atoms with van der Waals surface area (Å²) in [5, 5.41) is 13.8. The first-order valence-corrected chi connectivity index (χ1v) is 8.39. The first-order valence-electron chi connectivity index (χ1n) is 8.39. The van der Waals surface area contributed by atoms with Crippen LogP contribution in [0.2, 0.25) is 0 Å². The van der Waals surface area contributed by atoms with Gasteiger partial charge in [0.05, 0.1) is 6.10 Å². The fourth-order valence-electron chi connectivity index (χ4n) is 2.73. The van der Waals surface area contributed by atoms with Gasteiger partial charge in [-0.05, 0) is 23.8 Å². The first-order chi connectivity index (χ1) is 9.92. The standard InChI is InChI=1S/C19H33NO/c1-5-6-8-13-18(16-11-9-7-10-12-16)20-15-17(21)14-19(2,3)4/h7,9-12,17-18,20-21H,5-6,8,13-15H2,1-4H3. The summed E-state index contributed by atoms with van der Waals surface area (Å²) in [5.41, 5.74) is 1.50. The molecule has 1 aromatic carbocycles. The lowest BCUT2D eigenvalue weighted by Crippen LogP contribution is -2.32. The summed E-state index contributed by atoms with van der Waals surface area (Å²) in [6.07, 6.45) is 5.45. The molecule has 0 bridgehead atoms. The molecule has 2 nitrogen and oxygen atoms in total. The Bertz CT molecular complexity index is 369. The highest BCUT2D eigenvalue weighted by Gasteiger charge is 2.18. The van der Waals surface area contributed by atoms with E-state index in [-0.39, 0.29) is 11.5 Å². The van der Waals surface area contributed by atoms with Crippen molar-refractivity contribution in [3.63, 3.8) is 0 Å². The maximum atomic E-state index is 10.2. The van der Waals surface area contributed by atoms with Gasteiger partial charge < -0.3 is 10.4 Å². The van der Waals surface area contributed by atoms with Crippen LogP contribution in [0, 0.1) is 5.41 Å². The summed E-state index contributed by atoms with van der Waals surface area (Å²) in [6.45, 7) is 9.42. The lowest BCUT2D eigenvalue weighted by atomic mass is 9.89. The van der Waals surface area contributed by atoms with Crippen molar-refractivity contribution in [1.29, 1.82) is 0 Å². The fourth-order valence-corrected chi connectivity index (χ4v) is 2.73. The van der Waals surface area contributed by atoms with Crippen LogP contribution >= 0.6 is 0 Å². The molecule has 0 amide bonds. The monoisotopic (exact) mass is 291 g/mol. The van der Waals surface area contributed by atoms with Gasteiger partial charge in [0.25, 0.3) is 0 Å². The van der Waals surface area contributed by atoms with Crippen LogP contribution in [-0.2, 0) is 0 Å². The molecular weight excluding hydrogens is 258 g/mol. The Labute approximate surface area is 131 Å². The third kappa shape index (κ3) is 8.23. The summed E-state index contributed by atoms with van der Waals surface area (Å²) in [4.78, 5) is 0. The highest BCUT2D eigenvalue weighted by atomic mass is 16.3. The molecule has 1 aromatic rings. The van der Waals surface area contributed by atoms with E-state index in [2.05, 4.69) is 63.3 Å². The number of aliphatic hydroxyl groups excluding tert-OH is 1. The van der Waals surface area contributed by atoms with Crippen LogP contribution in [0.1, 0.15) is 71.4 Å². The van der Waals surface area contributed by atoms with Crippen molar-refractivity contribution >= 4 is 0 Å². The Morgan fingerprint density at radius 3 is 2.33 bits per heavy atom. The highest BCUT2D eigenvalue weighted by Crippen LogP contribution is 2.22. The Balaban J connectivity index is 2.53. The van der Waals surface area contributed by atoms with Crippen molar-refractivity contribution in [2.45, 2.75) is 71.9 Å². The van der Waals surface area contributed by atoms with E-state index in [0.29, 0.717) is 12.6 Å². The van der Waals surface area contributed by atoms with Crippen LogP contribution in [0.15, 0.2) is 30.3 Å². The minimum absolute atomic E-state index is 0.172. The summed E-state index contributed by atoms with van der Waals surface area (Å²) < 4.78 is 0. The lowest BCUT2D eigenvalue weighted by Gasteiger charge is -2.25. The number of aliphatic hydroxyl groups is 1. The molecule has 0 saturated carbocycles. The van der Waals surface area contributed by atoms with Crippen molar-refractivity contribution in [3.05, 3.63) is 35.9 Å². The molecule has 2 atom stereocenters. The number of hydrogen-bond acceptors (Lipinski definition) is 2. The van der Waals surface area contributed by atoms with Crippen molar-refractivity contribution in [2.24, 2.45) is 5.41 Å². The molecule has 21 heavy (non-hydrogen) atoms. The number of hydrogen-bond donors (Lipinski definition) is 2. The molecule has 0 saturated heterocycles. The Morgan fingerprint density at radius 1 is 1.10 bits per heavy atom. The van der Waals surface area contributed by atoms with Gasteiger partial charge in [-0.2, -0.15) is 0 Å². The molecular formula is C19H33NO. The predicted octanol–water partition coefficient (Wildman–Crippen LogP) is 4.69. The molecule has 2 heteroatoms. The average molecular weight is 291 g/mol. The van der Waals surface area contributed by atoms with Gasteiger partial charge in [-0.25, -0.2) is 0 Å². The smallest absolute Gasteiger partial charge is 0.0669 e. The van der Waals surface area contributed by atoms with Crippen LogP contribution in [-0.4, -0.2) is 17.8 Å². The number of unbranched alkanes of at least 4 members (excludes halogenated alkanes) is 2. The Kier molecular flexibility index (Phi) is 7.98. The van der Waals surface area contributed by atoms with Crippen LogP contribution < -0.4 is 5.32 Å². The van der Waals surface area contributed by atoms with Crippen LogP contribution in [0.3, 0.4) is 0 Å². The molecule has 120 valence electrons. The lowest BCUT2D eigenvalue weighted by molar-refractivity contribution is 0.116. The maximum Gasteiger partial charge on any atom is 0.0669 e. The molecule has 0 spiro atoms. The van der Waals surface area contributed by atoms with E-state index in [1.807, 2.05) is 0 Å². The van der Waals surface area contributed by atoms with E-state index in [4.69, 9.17) is 0 Å². The van der Waals surface area contributed by atoms with Gasteiger partial charge in [0.2, 0.25) is 0 Å². The maximum absolute atomic E-state index is 10.2. The Hall–Kier alpha value is -0.860. The molecule has 0 fully saturated rings. The average Bonchev–Trinajstić information content (AvgIpc) is 2.41. The third-order valence-electron chi connectivity index (χ3n) is 3.75. The number of benzene rings is 1. The number of nitrogens with one attached hydrogen (secondary N) is 1. The van der Waals surface area contributed by atoms with Crippen LogP contribution in [0.5, 0.6) is 0 Å². The molecule has 2 N–H and O–H groups in total. The van der Waals surface area contributed by atoms with Crippen molar-refractivity contribution in [3.8, 4) is 0 Å². The molecule has 1 rings (SSSR count). The normalized spacial score (nSPS) is 14.9. The molecule has 2 unspecified atom stereocenters. The van der Waals surface area contributed by atoms with Gasteiger partial charge in [-0.15, -0.1) is 0 Å². The second-order valence-electron chi connectivity index (χ2n) is 7.29. The molecule has 0 aromatic heterocycles. The van der Waals surface area contributed by atoms with E-state index in [1.165, 1.54) is 24.8 Å². The van der Waals surface area contributed by atoms with Gasteiger partial charge >= 0.3 is 0 Å². The zero-order valence-electron chi connectivity index (χ0n) is 14.2. The molecule has 0 radical (unpaired) electrons. The zero-order valence-corrected chi connectivity index (χ0v) is 14.2. The second-order valence-corrected chi connectivity index (χ2v) is 7.29. The minimum Gasteiger partial charge on any atom is -0.392 e. The van der Waals surface area contributed by atoms with Gasteiger partial charge in [-0.3, -0.25) is 0 Å². The second kappa shape index (κ2) is 9.22. The largest absolute Gasteiger partial charge is 0.392 e. The molecule has 0 aliphatic carbocycles. The van der Waals surface area contributed by atoms with E-state index >= 15 is 0 Å². The van der Waals surface area contributed by atoms with E-state index in [1.54, 1.807) is 0 Å². The van der Waals surface area contributed by atoms with E-state index in [0.717, 1.165) is 12.8 Å². The SMILES string of the molecule is CCCCCC(NCC(O)CC(C)(C)C)c1ccccc1. The fraction of sp³-hybridized carbons (Fsp3) is 0.684. The van der Waals surface area contributed by atoms with Crippen molar-refractivity contribution < 1.29 is 5.11 Å². The minimum atomic E-state index is -0.276. The quantitative estimate of drug-likeness (QED) is 0.647.